The normalized spacial score (nSPS) is 12.3. The molecule has 98 valence electrons. The molecule has 4 nitrogen and oxygen atoms in total. The van der Waals surface area contributed by atoms with Gasteiger partial charge in [-0.1, -0.05) is 0 Å². The maximum Gasteiger partial charge on any atom is 0.201 e. The molecule has 1 aromatic heterocycles. The number of imidazole rings is 1. The van der Waals surface area contributed by atoms with Crippen molar-refractivity contribution in [3.8, 4) is 0 Å². The Kier molecular flexibility index (Phi) is 2.98. The van der Waals surface area contributed by atoms with Crippen LogP contribution in [0.2, 0.25) is 0 Å². The molecular formula is C12H15F2N3O. The monoisotopic (exact) mass is 255 g/mol. The number of ether oxygens (including phenoxy) is 1. The van der Waals surface area contributed by atoms with E-state index in [1.54, 1.807) is 11.7 Å². The van der Waals surface area contributed by atoms with Gasteiger partial charge in [0.1, 0.15) is 11.3 Å². The first-order chi connectivity index (χ1) is 8.36. The van der Waals surface area contributed by atoms with Gasteiger partial charge in [0.2, 0.25) is 5.95 Å². The first kappa shape index (κ1) is 12.8. The second kappa shape index (κ2) is 4.20. The van der Waals surface area contributed by atoms with E-state index in [1.165, 1.54) is 6.07 Å². The van der Waals surface area contributed by atoms with Gasteiger partial charge in [-0.25, -0.2) is 13.8 Å². The summed E-state index contributed by atoms with van der Waals surface area (Å²) in [4.78, 5) is 3.95. The van der Waals surface area contributed by atoms with Crippen molar-refractivity contribution in [2.75, 3.05) is 19.5 Å². The van der Waals surface area contributed by atoms with Gasteiger partial charge in [-0.05, 0) is 13.8 Å². The lowest BCUT2D eigenvalue weighted by Gasteiger charge is -2.27. The van der Waals surface area contributed by atoms with Crippen molar-refractivity contribution in [3.05, 3.63) is 23.8 Å². The van der Waals surface area contributed by atoms with Gasteiger partial charge in [0, 0.05) is 19.2 Å². The van der Waals surface area contributed by atoms with Crippen LogP contribution in [0.1, 0.15) is 13.8 Å². The predicted molar refractivity (Wildman–Crippen MR) is 65.3 cm³/mol. The second-order valence-electron chi connectivity index (χ2n) is 4.81. The molecule has 0 aliphatic heterocycles. The summed E-state index contributed by atoms with van der Waals surface area (Å²) in [5.41, 5.74) is 5.64. The maximum atomic E-state index is 13.6. The number of anilines is 1. The summed E-state index contributed by atoms with van der Waals surface area (Å²) in [5.74, 6) is -1.24. The molecule has 18 heavy (non-hydrogen) atoms. The van der Waals surface area contributed by atoms with E-state index in [0.29, 0.717) is 12.1 Å². The minimum Gasteiger partial charge on any atom is -0.382 e. The number of hydrogen-bond donors (Lipinski definition) is 1. The third-order valence-corrected chi connectivity index (χ3v) is 2.81. The average molecular weight is 255 g/mol. The van der Waals surface area contributed by atoms with Gasteiger partial charge in [0.15, 0.2) is 5.82 Å². The Morgan fingerprint density at radius 2 is 2.06 bits per heavy atom. The van der Waals surface area contributed by atoms with E-state index < -0.39 is 17.2 Å². The van der Waals surface area contributed by atoms with Gasteiger partial charge in [0.25, 0.3) is 0 Å². The zero-order valence-corrected chi connectivity index (χ0v) is 10.5. The van der Waals surface area contributed by atoms with Crippen LogP contribution in [-0.4, -0.2) is 23.3 Å². The highest BCUT2D eigenvalue weighted by Gasteiger charge is 2.26. The Morgan fingerprint density at radius 3 is 2.67 bits per heavy atom. The zero-order chi connectivity index (χ0) is 13.5. The smallest absolute Gasteiger partial charge is 0.201 e. The lowest BCUT2D eigenvalue weighted by atomic mass is 10.1. The number of hydrogen-bond acceptors (Lipinski definition) is 3. The number of benzene rings is 1. The third kappa shape index (κ3) is 1.92. The van der Waals surface area contributed by atoms with Crippen molar-refractivity contribution in [2.45, 2.75) is 19.4 Å². The van der Waals surface area contributed by atoms with Crippen molar-refractivity contribution >= 4 is 17.0 Å². The Labute approximate surface area is 103 Å². The standard InChI is InChI=1S/C12H15F2N3O/c1-12(2,6-18-3)17-9-5-7(13)4-8(14)10(9)16-11(17)15/h4-5H,6H2,1-3H3,(H2,15,16). The number of aromatic nitrogens is 2. The number of nitrogens with two attached hydrogens (primary N) is 1. The van der Waals surface area contributed by atoms with Gasteiger partial charge in [0.05, 0.1) is 17.7 Å². The fraction of sp³-hybridized carbons (Fsp3) is 0.417. The van der Waals surface area contributed by atoms with E-state index in [4.69, 9.17) is 10.5 Å². The molecule has 0 bridgehead atoms. The molecule has 1 heterocycles. The largest absolute Gasteiger partial charge is 0.382 e. The first-order valence-corrected chi connectivity index (χ1v) is 5.49. The summed E-state index contributed by atoms with van der Waals surface area (Å²) in [6.45, 7) is 4.06. The Balaban J connectivity index is 2.74. The van der Waals surface area contributed by atoms with Crippen molar-refractivity contribution in [1.29, 1.82) is 0 Å². The molecule has 0 aliphatic rings. The minimum atomic E-state index is -0.719. The SMILES string of the molecule is COCC(C)(C)n1c(N)nc2c(F)cc(F)cc21. The molecular weight excluding hydrogens is 240 g/mol. The van der Waals surface area contributed by atoms with Crippen molar-refractivity contribution < 1.29 is 13.5 Å². The lowest BCUT2D eigenvalue weighted by Crippen LogP contribution is -2.32. The van der Waals surface area contributed by atoms with Crippen LogP contribution >= 0.6 is 0 Å². The van der Waals surface area contributed by atoms with Crippen LogP contribution in [0, 0.1) is 11.6 Å². The summed E-state index contributed by atoms with van der Waals surface area (Å²) >= 11 is 0. The van der Waals surface area contributed by atoms with Crippen LogP contribution in [0.4, 0.5) is 14.7 Å². The molecule has 1 aromatic carbocycles. The Bertz CT molecular complexity index is 593. The van der Waals surface area contributed by atoms with Crippen LogP contribution in [0.3, 0.4) is 0 Å². The van der Waals surface area contributed by atoms with Crippen LogP contribution in [-0.2, 0) is 10.3 Å². The third-order valence-electron chi connectivity index (χ3n) is 2.81. The highest BCUT2D eigenvalue weighted by molar-refractivity contribution is 5.79. The topological polar surface area (TPSA) is 53.1 Å². The van der Waals surface area contributed by atoms with E-state index in [9.17, 15) is 8.78 Å². The Hall–Kier alpha value is -1.69. The van der Waals surface area contributed by atoms with E-state index in [1.807, 2.05) is 13.8 Å². The molecule has 0 aliphatic carbocycles. The number of fused-ring (bicyclic) bond motifs is 1. The van der Waals surface area contributed by atoms with Gasteiger partial charge in [-0.2, -0.15) is 0 Å². The molecule has 0 fully saturated rings. The van der Waals surface area contributed by atoms with Crippen LogP contribution < -0.4 is 5.73 Å². The number of halogens is 2. The molecule has 0 spiro atoms. The molecule has 0 radical (unpaired) electrons. The fourth-order valence-corrected chi connectivity index (χ4v) is 2.18. The molecule has 0 saturated heterocycles. The summed E-state index contributed by atoms with van der Waals surface area (Å²) in [7, 11) is 1.55. The maximum absolute atomic E-state index is 13.6. The van der Waals surface area contributed by atoms with Crippen LogP contribution in [0.15, 0.2) is 12.1 Å². The molecule has 0 saturated carbocycles. The fourth-order valence-electron chi connectivity index (χ4n) is 2.18. The van der Waals surface area contributed by atoms with Crippen molar-refractivity contribution in [2.24, 2.45) is 0 Å². The second-order valence-corrected chi connectivity index (χ2v) is 4.81. The van der Waals surface area contributed by atoms with Crippen LogP contribution in [0.25, 0.3) is 11.0 Å². The lowest BCUT2D eigenvalue weighted by molar-refractivity contribution is 0.113. The van der Waals surface area contributed by atoms with Gasteiger partial charge in [-0.3, -0.25) is 0 Å². The summed E-state index contributed by atoms with van der Waals surface area (Å²) in [6, 6.07) is 2.02. The van der Waals surface area contributed by atoms with Crippen molar-refractivity contribution in [1.82, 2.24) is 9.55 Å². The molecule has 2 aromatic rings. The molecule has 6 heteroatoms. The molecule has 0 atom stereocenters. The average Bonchev–Trinajstić information content (AvgIpc) is 2.55. The summed E-state index contributed by atoms with van der Waals surface area (Å²) in [5, 5.41) is 0. The van der Waals surface area contributed by atoms with E-state index in [0.717, 1.165) is 6.07 Å². The van der Waals surface area contributed by atoms with Crippen molar-refractivity contribution in [3.63, 3.8) is 0 Å². The molecule has 2 rings (SSSR count). The molecule has 0 unspecified atom stereocenters. The zero-order valence-electron chi connectivity index (χ0n) is 10.5. The van der Waals surface area contributed by atoms with E-state index in [2.05, 4.69) is 4.98 Å². The van der Waals surface area contributed by atoms with E-state index in [-0.39, 0.29) is 11.5 Å². The van der Waals surface area contributed by atoms with Gasteiger partial charge < -0.3 is 15.0 Å². The molecule has 0 amide bonds. The minimum absolute atomic E-state index is 0.0677. The summed E-state index contributed by atoms with van der Waals surface area (Å²) < 4.78 is 33.6. The Morgan fingerprint density at radius 1 is 1.39 bits per heavy atom. The number of methoxy groups -OCH3 is 1. The highest BCUT2D eigenvalue weighted by atomic mass is 19.1. The van der Waals surface area contributed by atoms with Gasteiger partial charge in [-0.15, -0.1) is 0 Å². The van der Waals surface area contributed by atoms with Gasteiger partial charge >= 0.3 is 0 Å². The van der Waals surface area contributed by atoms with E-state index >= 15 is 0 Å². The van der Waals surface area contributed by atoms with Crippen LogP contribution in [0.5, 0.6) is 0 Å². The molecule has 2 N–H and O–H groups in total. The highest BCUT2D eigenvalue weighted by Crippen LogP contribution is 2.29. The first-order valence-electron chi connectivity index (χ1n) is 5.49. The number of rotatable bonds is 3. The summed E-state index contributed by atoms with van der Waals surface area (Å²) in [6.07, 6.45) is 0. The predicted octanol–water partition coefficient (Wildman–Crippen LogP) is 2.28. The number of nitrogens with zero attached hydrogens (tertiary/aromatic N) is 2. The number of nitrogen functional groups attached to an aromatic ring is 1. The quantitative estimate of drug-likeness (QED) is 0.915.